The fourth-order valence-electron chi connectivity index (χ4n) is 3.87. The molecule has 2 aromatic carbocycles. The highest BCUT2D eigenvalue weighted by atomic mass is 32.2. The third-order valence-corrected chi connectivity index (χ3v) is 7.96. The van der Waals surface area contributed by atoms with Crippen LogP contribution in [0.15, 0.2) is 52.3 Å². The highest BCUT2D eigenvalue weighted by Gasteiger charge is 2.22. The smallest absolute Gasteiger partial charge is 0.261 e. The van der Waals surface area contributed by atoms with E-state index in [0.29, 0.717) is 17.8 Å². The lowest BCUT2D eigenvalue weighted by Gasteiger charge is -2.26. The Bertz CT molecular complexity index is 1020. The van der Waals surface area contributed by atoms with Crippen molar-refractivity contribution in [3.05, 3.63) is 48.0 Å². The van der Waals surface area contributed by atoms with Gasteiger partial charge in [-0.3, -0.25) is 14.4 Å². The van der Waals surface area contributed by atoms with E-state index in [4.69, 9.17) is 0 Å². The fraction of sp³-hybridized carbons (Fsp3) is 0.409. The molecule has 2 N–H and O–H groups in total. The van der Waals surface area contributed by atoms with Gasteiger partial charge >= 0.3 is 0 Å². The number of carbonyl (C=O) groups is 1. The minimum Gasteiger partial charge on any atom is -0.325 e. The first kappa shape index (κ1) is 21.2. The van der Waals surface area contributed by atoms with Crippen LogP contribution in [-0.4, -0.2) is 37.6 Å². The summed E-state index contributed by atoms with van der Waals surface area (Å²) in [7, 11) is -3.75. The number of anilines is 2. The highest BCUT2D eigenvalue weighted by molar-refractivity contribution is 8.00. The van der Waals surface area contributed by atoms with Gasteiger partial charge in [0.2, 0.25) is 5.91 Å². The van der Waals surface area contributed by atoms with Crippen LogP contribution in [0.1, 0.15) is 38.2 Å². The molecule has 0 saturated carbocycles. The Balaban J connectivity index is 1.47. The van der Waals surface area contributed by atoms with Gasteiger partial charge in [0.15, 0.2) is 0 Å². The third-order valence-electron chi connectivity index (χ3n) is 5.40. The van der Waals surface area contributed by atoms with E-state index in [0.717, 1.165) is 24.5 Å². The molecule has 2 heterocycles. The van der Waals surface area contributed by atoms with Gasteiger partial charge in [-0.2, -0.15) is 0 Å². The molecule has 0 radical (unpaired) electrons. The number of benzene rings is 2. The number of hydrogen-bond donors (Lipinski definition) is 2. The van der Waals surface area contributed by atoms with Gasteiger partial charge in [0.25, 0.3) is 10.0 Å². The number of fused-ring (bicyclic) bond motifs is 1. The molecular formula is C22H27N3O3S2. The van der Waals surface area contributed by atoms with Crippen LogP contribution in [0.3, 0.4) is 0 Å². The van der Waals surface area contributed by atoms with Crippen LogP contribution in [-0.2, 0) is 21.4 Å². The molecule has 2 aliphatic rings. The zero-order valence-electron chi connectivity index (χ0n) is 17.1. The molecule has 1 amide bonds. The number of thioether (sulfide) groups is 1. The standard InChI is InChI=1S/C22H27N3O3S2/c1-16-13-22(26)23-20-14-19(9-10-21(20)29-16)30(27,28)24-18-7-5-17(6-8-18)15-25-11-3-2-4-12-25/h5-10,14,16,24H,2-4,11-13,15H2,1H3,(H,23,26)/t16-/m0/s1. The van der Waals surface area contributed by atoms with Gasteiger partial charge in [0, 0.05) is 28.8 Å². The van der Waals surface area contributed by atoms with Gasteiger partial charge in [0.05, 0.1) is 10.6 Å². The lowest BCUT2D eigenvalue weighted by molar-refractivity contribution is -0.116. The molecule has 30 heavy (non-hydrogen) atoms. The number of carbonyl (C=O) groups excluding carboxylic acids is 1. The largest absolute Gasteiger partial charge is 0.325 e. The van der Waals surface area contributed by atoms with Gasteiger partial charge in [-0.15, -0.1) is 11.8 Å². The van der Waals surface area contributed by atoms with Gasteiger partial charge in [0.1, 0.15) is 0 Å². The van der Waals surface area contributed by atoms with Gasteiger partial charge in [-0.1, -0.05) is 25.5 Å². The molecule has 2 aromatic rings. The molecule has 0 bridgehead atoms. The first-order valence-corrected chi connectivity index (χ1v) is 12.7. The first-order chi connectivity index (χ1) is 14.4. The molecule has 1 saturated heterocycles. The molecule has 0 spiro atoms. The number of nitrogens with zero attached hydrogens (tertiary/aromatic N) is 1. The maximum atomic E-state index is 12.9. The van der Waals surface area contributed by atoms with Gasteiger partial charge < -0.3 is 5.32 Å². The van der Waals surface area contributed by atoms with Crippen molar-refractivity contribution < 1.29 is 13.2 Å². The number of likely N-dealkylation sites (tertiary alicyclic amines) is 1. The average Bonchev–Trinajstić information content (AvgIpc) is 2.85. The van der Waals surface area contributed by atoms with Crippen molar-refractivity contribution >= 4 is 39.1 Å². The summed E-state index contributed by atoms with van der Waals surface area (Å²) < 4.78 is 28.4. The average molecular weight is 446 g/mol. The molecule has 0 aliphatic carbocycles. The number of piperidine rings is 1. The van der Waals surface area contributed by atoms with Crippen molar-refractivity contribution in [2.45, 2.75) is 54.2 Å². The molecule has 1 atom stereocenters. The van der Waals surface area contributed by atoms with Crippen LogP contribution in [0.2, 0.25) is 0 Å². The summed E-state index contributed by atoms with van der Waals surface area (Å²) in [6.07, 6.45) is 4.21. The van der Waals surface area contributed by atoms with E-state index in [1.165, 1.54) is 30.9 Å². The van der Waals surface area contributed by atoms with E-state index in [2.05, 4.69) is 14.9 Å². The maximum absolute atomic E-state index is 12.9. The van der Waals surface area contributed by atoms with Crippen molar-refractivity contribution in [2.24, 2.45) is 0 Å². The van der Waals surface area contributed by atoms with Crippen LogP contribution in [0.5, 0.6) is 0 Å². The van der Waals surface area contributed by atoms with Crippen LogP contribution in [0.4, 0.5) is 11.4 Å². The highest BCUT2D eigenvalue weighted by Crippen LogP contribution is 2.36. The third kappa shape index (κ3) is 5.17. The summed E-state index contributed by atoms with van der Waals surface area (Å²) in [4.78, 5) is 15.4. The van der Waals surface area contributed by atoms with Crippen LogP contribution < -0.4 is 10.0 Å². The second-order valence-electron chi connectivity index (χ2n) is 7.98. The quantitative estimate of drug-likeness (QED) is 0.718. The number of amides is 1. The second kappa shape index (κ2) is 8.99. The fourth-order valence-corrected chi connectivity index (χ4v) is 6.00. The summed E-state index contributed by atoms with van der Waals surface area (Å²) >= 11 is 1.57. The van der Waals surface area contributed by atoms with E-state index < -0.39 is 10.0 Å². The Morgan fingerprint density at radius 3 is 2.57 bits per heavy atom. The summed E-state index contributed by atoms with van der Waals surface area (Å²) in [6, 6.07) is 12.4. The summed E-state index contributed by atoms with van der Waals surface area (Å²) in [5, 5.41) is 2.97. The van der Waals surface area contributed by atoms with E-state index in [1.807, 2.05) is 19.1 Å². The SMILES string of the molecule is C[C@H]1CC(=O)Nc2cc(S(=O)(=O)Nc3ccc(CN4CCCCC4)cc3)ccc2S1. The van der Waals surface area contributed by atoms with Crippen molar-refractivity contribution in [3.63, 3.8) is 0 Å². The van der Waals surface area contributed by atoms with E-state index in [9.17, 15) is 13.2 Å². The monoisotopic (exact) mass is 445 g/mol. The first-order valence-electron chi connectivity index (χ1n) is 10.3. The number of nitrogens with one attached hydrogen (secondary N) is 2. The summed E-state index contributed by atoms with van der Waals surface area (Å²) in [5.41, 5.74) is 2.26. The molecule has 0 aromatic heterocycles. The Kier molecular flexibility index (Phi) is 6.36. The predicted octanol–water partition coefficient (Wildman–Crippen LogP) is 4.30. The number of sulfonamides is 1. The minimum absolute atomic E-state index is 0.0967. The van der Waals surface area contributed by atoms with Crippen molar-refractivity contribution in [2.75, 3.05) is 23.1 Å². The zero-order valence-corrected chi connectivity index (χ0v) is 18.7. The van der Waals surface area contributed by atoms with Crippen molar-refractivity contribution in [1.29, 1.82) is 0 Å². The molecule has 6 nitrogen and oxygen atoms in total. The van der Waals surface area contributed by atoms with Crippen molar-refractivity contribution in [3.8, 4) is 0 Å². The maximum Gasteiger partial charge on any atom is 0.261 e. The Labute approximate surface area is 182 Å². The van der Waals surface area contributed by atoms with Crippen LogP contribution >= 0.6 is 11.8 Å². The summed E-state index contributed by atoms with van der Waals surface area (Å²) in [6.45, 7) is 5.13. The molecule has 2 aliphatic heterocycles. The molecular weight excluding hydrogens is 418 g/mol. The van der Waals surface area contributed by atoms with Crippen LogP contribution in [0.25, 0.3) is 0 Å². The second-order valence-corrected chi connectivity index (χ2v) is 11.1. The molecule has 4 rings (SSSR count). The normalized spacial score (nSPS) is 20.2. The predicted molar refractivity (Wildman–Crippen MR) is 121 cm³/mol. The van der Waals surface area contributed by atoms with Crippen LogP contribution in [0, 0.1) is 0 Å². The Morgan fingerprint density at radius 2 is 1.83 bits per heavy atom. The van der Waals surface area contributed by atoms with Crippen molar-refractivity contribution in [1.82, 2.24) is 4.90 Å². The molecule has 160 valence electrons. The molecule has 8 heteroatoms. The molecule has 1 fully saturated rings. The number of rotatable bonds is 5. The van der Waals surface area contributed by atoms with E-state index in [1.54, 1.807) is 36.0 Å². The zero-order chi connectivity index (χ0) is 21.1. The van der Waals surface area contributed by atoms with Gasteiger partial charge in [-0.25, -0.2) is 8.42 Å². The Hall–Kier alpha value is -2.03. The lowest BCUT2D eigenvalue weighted by atomic mass is 10.1. The molecule has 0 unspecified atom stereocenters. The lowest BCUT2D eigenvalue weighted by Crippen LogP contribution is -2.29. The topological polar surface area (TPSA) is 78.5 Å². The number of hydrogen-bond acceptors (Lipinski definition) is 5. The van der Waals surface area contributed by atoms with E-state index in [-0.39, 0.29) is 16.1 Å². The van der Waals surface area contributed by atoms with E-state index >= 15 is 0 Å². The summed E-state index contributed by atoms with van der Waals surface area (Å²) in [5.74, 6) is -0.0967. The Morgan fingerprint density at radius 1 is 1.10 bits per heavy atom. The van der Waals surface area contributed by atoms with Gasteiger partial charge in [-0.05, 0) is 61.8 Å². The minimum atomic E-state index is -3.75.